The smallest absolute Gasteiger partial charge is 0.422 e. The number of ether oxygens (including phenoxy) is 2. The topological polar surface area (TPSA) is 220 Å². The first-order chi connectivity index (χ1) is 28.5. The van der Waals surface area contributed by atoms with Crippen molar-refractivity contribution in [1.29, 1.82) is 0 Å². The molecule has 312 valence electrons. The van der Waals surface area contributed by atoms with E-state index in [1.807, 2.05) is 12.1 Å². The first-order valence-corrected chi connectivity index (χ1v) is 19.6. The Hall–Kier alpha value is -6.80. The van der Waals surface area contributed by atoms with Crippen molar-refractivity contribution < 1.29 is 50.2 Å². The van der Waals surface area contributed by atoms with E-state index in [0.717, 1.165) is 12.7 Å². The molecule has 1 fully saturated rings. The number of benzene rings is 4. The van der Waals surface area contributed by atoms with Crippen LogP contribution in [0.1, 0.15) is 28.8 Å². The van der Waals surface area contributed by atoms with Gasteiger partial charge in [0.15, 0.2) is 6.61 Å². The van der Waals surface area contributed by atoms with E-state index in [4.69, 9.17) is 21.1 Å². The molecule has 0 aliphatic heterocycles. The number of anilines is 4. The molecule has 3 amide bonds. The number of alkyl halides is 3. The summed E-state index contributed by atoms with van der Waals surface area (Å²) < 4.78 is 74.5. The van der Waals surface area contributed by atoms with Gasteiger partial charge in [0, 0.05) is 28.5 Å². The number of rotatable bonds is 15. The van der Waals surface area contributed by atoms with Gasteiger partial charge in [-0.15, -0.1) is 0 Å². The third kappa shape index (κ3) is 11.0. The van der Waals surface area contributed by atoms with Crippen molar-refractivity contribution in [3.63, 3.8) is 0 Å². The minimum Gasteiger partial charge on any atom is -0.467 e. The van der Waals surface area contributed by atoms with Gasteiger partial charge >= 0.3 is 30.0 Å². The largest absolute Gasteiger partial charge is 0.467 e. The lowest BCUT2D eigenvalue weighted by Crippen LogP contribution is -2.50. The molecule has 1 saturated carbocycles. The van der Waals surface area contributed by atoms with Crippen LogP contribution in [0.4, 0.5) is 36.4 Å². The Balaban J connectivity index is 1.08. The number of hydrogen-bond acceptors (Lipinski definition) is 13. The summed E-state index contributed by atoms with van der Waals surface area (Å²) in [6.07, 6.45) is -3.29. The minimum atomic E-state index is -4.66. The lowest BCUT2D eigenvalue weighted by atomic mass is 10.1. The van der Waals surface area contributed by atoms with Gasteiger partial charge in [-0.25, -0.2) is 13.2 Å². The van der Waals surface area contributed by atoms with Gasteiger partial charge in [-0.3, -0.25) is 14.4 Å². The van der Waals surface area contributed by atoms with Gasteiger partial charge in [0.2, 0.25) is 21.7 Å². The number of nitrogens with zero attached hydrogens (tertiary/aromatic N) is 3. The number of halogens is 4. The van der Waals surface area contributed by atoms with Crippen molar-refractivity contribution in [2.45, 2.75) is 40.4 Å². The van der Waals surface area contributed by atoms with Gasteiger partial charge in [-0.2, -0.15) is 28.1 Å². The highest BCUT2D eigenvalue weighted by Crippen LogP contribution is 2.48. The summed E-state index contributed by atoms with van der Waals surface area (Å²) in [5, 5.41) is 13.5. The van der Waals surface area contributed by atoms with Crippen molar-refractivity contribution in [2.75, 3.05) is 36.2 Å². The fourth-order valence-electron chi connectivity index (χ4n) is 5.62. The molecule has 5 N–H and O–H groups in total. The van der Waals surface area contributed by atoms with Gasteiger partial charge in [0.25, 0.3) is 5.91 Å². The molecule has 0 saturated heterocycles. The van der Waals surface area contributed by atoms with Crippen LogP contribution < -0.4 is 31.3 Å². The van der Waals surface area contributed by atoms with E-state index >= 15 is 0 Å². The number of carbonyl (C=O) groups is 4. The van der Waals surface area contributed by atoms with Gasteiger partial charge in [0.05, 0.1) is 22.4 Å². The SMILES string of the molecule is COC(=O)[C@H](CNC(=O)C(=O)Nc1cccc(S(=O)(=O)c2ccccc2)c1)NC(=O)c1ccc(Nc2nc(NC3(c4ccc(Cl)cc4)CC3)nc(OCC(F)(F)F)n2)cc1. The monoisotopic (exact) mass is 866 g/mol. The Morgan fingerprint density at radius 3 is 2.13 bits per heavy atom. The molecule has 4 aromatic carbocycles. The summed E-state index contributed by atoms with van der Waals surface area (Å²) in [6.45, 7) is -2.22. The normalized spacial score (nSPS) is 13.6. The molecule has 1 atom stereocenters. The van der Waals surface area contributed by atoms with E-state index < -0.39 is 70.4 Å². The number of carbonyl (C=O) groups excluding carboxylic acids is 4. The lowest BCUT2D eigenvalue weighted by molar-refractivity contribution is -0.154. The van der Waals surface area contributed by atoms with Crippen LogP contribution in [-0.4, -0.2) is 79.5 Å². The Labute approximate surface area is 345 Å². The average molecular weight is 867 g/mol. The van der Waals surface area contributed by atoms with E-state index in [-0.39, 0.29) is 32.9 Å². The zero-order chi connectivity index (χ0) is 43.1. The van der Waals surface area contributed by atoms with Gasteiger partial charge in [-0.05, 0) is 85.1 Å². The zero-order valence-electron chi connectivity index (χ0n) is 31.2. The third-order valence-corrected chi connectivity index (χ3v) is 10.8. The van der Waals surface area contributed by atoms with Crippen LogP contribution >= 0.6 is 11.6 Å². The van der Waals surface area contributed by atoms with Crippen LogP contribution in [0.3, 0.4) is 0 Å². The van der Waals surface area contributed by atoms with Crippen molar-refractivity contribution in [1.82, 2.24) is 25.6 Å². The number of amides is 3. The molecular formula is C39H34ClF3N8O8S. The van der Waals surface area contributed by atoms with Crippen molar-refractivity contribution in [3.05, 3.63) is 119 Å². The fourth-order valence-corrected chi connectivity index (χ4v) is 7.08. The molecule has 21 heteroatoms. The fraction of sp³-hybridized carbons (Fsp3) is 0.205. The van der Waals surface area contributed by atoms with Crippen LogP contribution in [0.2, 0.25) is 5.02 Å². The van der Waals surface area contributed by atoms with E-state index in [2.05, 4.69) is 41.5 Å². The first-order valence-electron chi connectivity index (χ1n) is 17.8. The van der Waals surface area contributed by atoms with E-state index in [9.17, 15) is 40.8 Å². The van der Waals surface area contributed by atoms with Crippen LogP contribution in [0.5, 0.6) is 6.01 Å². The van der Waals surface area contributed by atoms with Crippen LogP contribution in [-0.2, 0) is 34.5 Å². The molecule has 1 aliphatic rings. The third-order valence-electron chi connectivity index (χ3n) is 8.80. The lowest BCUT2D eigenvalue weighted by Gasteiger charge is -2.19. The average Bonchev–Trinajstić information content (AvgIpc) is 4.01. The molecule has 16 nitrogen and oxygen atoms in total. The number of methoxy groups -OCH3 is 1. The summed E-state index contributed by atoms with van der Waals surface area (Å²) in [6, 6.07) is 23.5. The molecule has 1 aromatic heterocycles. The van der Waals surface area contributed by atoms with Crippen LogP contribution in [0.25, 0.3) is 0 Å². The number of hydrogen-bond donors (Lipinski definition) is 5. The quantitative estimate of drug-likeness (QED) is 0.0679. The molecule has 0 bridgehead atoms. The Bertz CT molecular complexity index is 2490. The molecule has 0 unspecified atom stereocenters. The predicted octanol–water partition coefficient (Wildman–Crippen LogP) is 5.17. The molecule has 1 aliphatic carbocycles. The summed E-state index contributed by atoms with van der Waals surface area (Å²) in [7, 11) is -2.87. The Morgan fingerprint density at radius 2 is 1.48 bits per heavy atom. The minimum absolute atomic E-state index is 0.00606. The molecule has 0 spiro atoms. The number of aromatic nitrogens is 3. The Kier molecular flexibility index (Phi) is 12.8. The molecule has 6 rings (SSSR count). The molecule has 60 heavy (non-hydrogen) atoms. The number of sulfone groups is 1. The molecule has 1 heterocycles. The molecular weight excluding hydrogens is 833 g/mol. The first kappa shape index (κ1) is 42.8. The predicted molar refractivity (Wildman–Crippen MR) is 210 cm³/mol. The highest BCUT2D eigenvalue weighted by Gasteiger charge is 2.45. The van der Waals surface area contributed by atoms with Crippen LogP contribution in [0, 0.1) is 0 Å². The maximum atomic E-state index is 13.2. The Morgan fingerprint density at radius 1 is 0.817 bits per heavy atom. The van der Waals surface area contributed by atoms with E-state index in [0.29, 0.717) is 23.6 Å². The van der Waals surface area contributed by atoms with Crippen molar-refractivity contribution >= 4 is 68.4 Å². The summed E-state index contributed by atoms with van der Waals surface area (Å²) in [5.74, 6) is -4.35. The van der Waals surface area contributed by atoms with E-state index in [1.165, 1.54) is 60.7 Å². The maximum absolute atomic E-state index is 13.2. The maximum Gasteiger partial charge on any atom is 0.422 e. The van der Waals surface area contributed by atoms with Gasteiger partial charge in [0.1, 0.15) is 6.04 Å². The second kappa shape index (κ2) is 18.0. The number of nitrogens with one attached hydrogen (secondary N) is 5. The van der Waals surface area contributed by atoms with Crippen LogP contribution in [0.15, 0.2) is 113 Å². The second-order valence-corrected chi connectivity index (χ2v) is 15.5. The van der Waals surface area contributed by atoms with Crippen molar-refractivity contribution in [3.8, 4) is 6.01 Å². The summed E-state index contributed by atoms with van der Waals surface area (Å²) >= 11 is 6.03. The summed E-state index contributed by atoms with van der Waals surface area (Å²) in [5.41, 5.74) is 0.629. The number of esters is 1. The van der Waals surface area contributed by atoms with Gasteiger partial charge < -0.3 is 36.1 Å². The van der Waals surface area contributed by atoms with E-state index in [1.54, 1.807) is 30.3 Å². The zero-order valence-corrected chi connectivity index (χ0v) is 32.8. The molecule has 5 aromatic rings. The highest BCUT2D eigenvalue weighted by atomic mass is 35.5. The van der Waals surface area contributed by atoms with Crippen molar-refractivity contribution in [2.24, 2.45) is 0 Å². The molecule has 0 radical (unpaired) electrons. The summed E-state index contributed by atoms with van der Waals surface area (Å²) in [4.78, 5) is 63.3. The standard InChI is InChI=1S/C39H34ClF3N8O8S/c1-58-34(55)30(21-44-32(53)33(54)45-27-6-5-9-29(20-27)60(56,57)28-7-3-2-4-8-28)47-31(52)23-10-16-26(17-11-23)46-35-48-36(50-37(49-35)59-22-39(41,42)43)51-38(18-19-38)24-12-14-25(40)15-13-24/h2-17,20,30H,18-19,21-22H2,1H3,(H,44,53)(H,45,54)(H,47,52)(H2,46,48,49,50,51)/t30-/m0/s1. The van der Waals surface area contributed by atoms with Gasteiger partial charge in [-0.1, -0.05) is 48.0 Å². The highest BCUT2D eigenvalue weighted by molar-refractivity contribution is 7.91. The second-order valence-electron chi connectivity index (χ2n) is 13.1.